The molecule has 0 atom stereocenters. The van der Waals surface area contributed by atoms with E-state index >= 15 is 0 Å². The number of rotatable bonds is 7. The lowest BCUT2D eigenvalue weighted by Crippen LogP contribution is -2.14. The number of nitrogens with zero attached hydrogens (tertiary/aromatic N) is 3. The highest BCUT2D eigenvalue weighted by atomic mass is 32.2. The summed E-state index contributed by atoms with van der Waals surface area (Å²) in [6, 6.07) is 3.00. The summed E-state index contributed by atoms with van der Waals surface area (Å²) in [7, 11) is 0. The average Bonchev–Trinajstić information content (AvgIpc) is 2.91. The van der Waals surface area contributed by atoms with Crippen molar-refractivity contribution < 1.29 is 14.7 Å². The van der Waals surface area contributed by atoms with Crippen molar-refractivity contribution in [3.8, 4) is 0 Å². The molecule has 2 aromatic heterocycles. The number of nitrogens with one attached hydrogen (secondary N) is 1. The third-order valence-corrected chi connectivity index (χ3v) is 4.50. The Hall–Kier alpha value is -2.00. The van der Waals surface area contributed by atoms with Gasteiger partial charge in [-0.25, -0.2) is 9.78 Å². The van der Waals surface area contributed by atoms with Crippen molar-refractivity contribution in [3.63, 3.8) is 0 Å². The summed E-state index contributed by atoms with van der Waals surface area (Å²) in [5, 5.41) is 21.3. The number of aromatic carboxylic acids is 1. The summed E-state index contributed by atoms with van der Waals surface area (Å²) < 4.78 is 0. The Balaban J connectivity index is 1.91. The van der Waals surface area contributed by atoms with Crippen molar-refractivity contribution in [2.45, 2.75) is 25.3 Å². The van der Waals surface area contributed by atoms with Gasteiger partial charge in [-0.15, -0.1) is 10.2 Å². The molecule has 0 aliphatic rings. The zero-order chi connectivity index (χ0) is 16.8. The van der Waals surface area contributed by atoms with Gasteiger partial charge in [0.25, 0.3) is 0 Å². The van der Waals surface area contributed by atoms with E-state index in [1.54, 1.807) is 6.07 Å². The molecule has 122 valence electrons. The second-order valence-corrected chi connectivity index (χ2v) is 7.12. The van der Waals surface area contributed by atoms with Gasteiger partial charge in [-0.05, 0) is 18.1 Å². The van der Waals surface area contributed by atoms with Crippen LogP contribution in [0.4, 0.5) is 5.13 Å². The van der Waals surface area contributed by atoms with Crippen molar-refractivity contribution in [3.05, 3.63) is 28.9 Å². The minimum atomic E-state index is -1.07. The van der Waals surface area contributed by atoms with Gasteiger partial charge in [-0.1, -0.05) is 36.9 Å². The predicted octanol–water partition coefficient (Wildman–Crippen LogP) is 2.56. The molecule has 0 unspecified atom stereocenters. The quantitative estimate of drug-likeness (QED) is 0.738. The third-order valence-electron chi connectivity index (χ3n) is 2.64. The number of carboxylic acids is 1. The molecule has 9 heteroatoms. The number of hydrogen-bond donors (Lipinski definition) is 2. The molecule has 0 bridgehead atoms. The zero-order valence-corrected chi connectivity index (χ0v) is 14.3. The molecule has 0 fully saturated rings. The molecule has 7 nitrogen and oxygen atoms in total. The lowest BCUT2D eigenvalue weighted by molar-refractivity contribution is -0.113. The molecular formula is C14H16N4O3S2. The van der Waals surface area contributed by atoms with E-state index in [-0.39, 0.29) is 17.2 Å². The fourth-order valence-corrected chi connectivity index (χ4v) is 3.45. The van der Waals surface area contributed by atoms with E-state index in [0.717, 1.165) is 23.2 Å². The van der Waals surface area contributed by atoms with Crippen LogP contribution in [0.25, 0.3) is 0 Å². The molecule has 0 aliphatic heterocycles. The third kappa shape index (κ3) is 5.29. The van der Waals surface area contributed by atoms with E-state index in [1.165, 1.54) is 23.6 Å². The molecule has 0 spiro atoms. The largest absolute Gasteiger partial charge is 0.478 e. The van der Waals surface area contributed by atoms with Crippen LogP contribution in [0.2, 0.25) is 0 Å². The zero-order valence-electron chi connectivity index (χ0n) is 12.6. The second kappa shape index (κ2) is 8.02. The molecule has 0 radical (unpaired) electrons. The summed E-state index contributed by atoms with van der Waals surface area (Å²) in [5.74, 6) is -0.815. The van der Waals surface area contributed by atoms with Gasteiger partial charge in [0.2, 0.25) is 11.0 Å². The van der Waals surface area contributed by atoms with Gasteiger partial charge < -0.3 is 5.11 Å². The lowest BCUT2D eigenvalue weighted by atomic mass is 10.1. The Bertz CT molecular complexity index is 703. The Labute approximate surface area is 141 Å². The summed E-state index contributed by atoms with van der Waals surface area (Å²) in [4.78, 5) is 27.0. The highest BCUT2D eigenvalue weighted by Gasteiger charge is 2.14. The van der Waals surface area contributed by atoms with E-state index in [9.17, 15) is 9.59 Å². The minimum absolute atomic E-state index is 0.0520. The maximum atomic E-state index is 11.9. The number of aromatic nitrogens is 3. The number of thioether (sulfide) groups is 1. The van der Waals surface area contributed by atoms with Crippen LogP contribution in [0.5, 0.6) is 0 Å². The fourth-order valence-electron chi connectivity index (χ4n) is 1.69. The molecule has 2 rings (SSSR count). The Morgan fingerprint density at radius 2 is 2.17 bits per heavy atom. The Morgan fingerprint density at radius 1 is 1.39 bits per heavy atom. The Morgan fingerprint density at radius 3 is 2.87 bits per heavy atom. The molecule has 23 heavy (non-hydrogen) atoms. The van der Waals surface area contributed by atoms with Crippen LogP contribution in [-0.2, 0) is 11.2 Å². The number of carbonyl (C=O) groups is 2. The summed E-state index contributed by atoms with van der Waals surface area (Å²) in [6.07, 6.45) is 2.31. The van der Waals surface area contributed by atoms with E-state index in [4.69, 9.17) is 5.11 Å². The molecular weight excluding hydrogens is 336 g/mol. The monoisotopic (exact) mass is 352 g/mol. The van der Waals surface area contributed by atoms with Crippen molar-refractivity contribution in [2.24, 2.45) is 5.92 Å². The van der Waals surface area contributed by atoms with Crippen LogP contribution in [-0.4, -0.2) is 37.9 Å². The van der Waals surface area contributed by atoms with Crippen molar-refractivity contribution in [1.29, 1.82) is 0 Å². The highest BCUT2D eigenvalue weighted by molar-refractivity contribution is 8.00. The second-order valence-electron chi connectivity index (χ2n) is 5.10. The normalized spacial score (nSPS) is 10.7. The minimum Gasteiger partial charge on any atom is -0.478 e. The fraction of sp³-hybridized carbons (Fsp3) is 0.357. The first-order chi connectivity index (χ1) is 11.0. The maximum Gasteiger partial charge on any atom is 0.338 e. The van der Waals surface area contributed by atoms with E-state index in [1.807, 2.05) is 0 Å². The number of anilines is 1. The van der Waals surface area contributed by atoms with Crippen molar-refractivity contribution in [2.75, 3.05) is 11.1 Å². The molecule has 0 saturated carbocycles. The molecule has 1 amide bonds. The first-order valence-electron chi connectivity index (χ1n) is 6.89. The molecule has 0 aromatic carbocycles. The first-order valence-corrected chi connectivity index (χ1v) is 8.69. The van der Waals surface area contributed by atoms with E-state index in [0.29, 0.717) is 16.1 Å². The van der Waals surface area contributed by atoms with Crippen LogP contribution in [0.1, 0.15) is 29.2 Å². The number of hydrogen-bond acceptors (Lipinski definition) is 7. The first kappa shape index (κ1) is 17.4. The summed E-state index contributed by atoms with van der Waals surface area (Å²) >= 11 is 2.42. The van der Waals surface area contributed by atoms with Gasteiger partial charge in [-0.2, -0.15) is 0 Å². The van der Waals surface area contributed by atoms with Crippen LogP contribution in [0, 0.1) is 5.92 Å². The summed E-state index contributed by atoms with van der Waals surface area (Å²) in [5.41, 5.74) is 0.0837. The lowest BCUT2D eigenvalue weighted by Gasteiger charge is -2.04. The topological polar surface area (TPSA) is 105 Å². The van der Waals surface area contributed by atoms with Crippen LogP contribution >= 0.6 is 23.1 Å². The average molecular weight is 352 g/mol. The summed E-state index contributed by atoms with van der Waals surface area (Å²) in [6.45, 7) is 4.17. The number of pyridine rings is 1. The van der Waals surface area contributed by atoms with E-state index in [2.05, 4.69) is 34.3 Å². The standard InChI is InChI=1S/C14H16N4O3S2/c1-8(2)6-11-17-18-14(23-11)16-10(19)7-22-12-9(13(20)21)4-3-5-15-12/h3-5,8H,6-7H2,1-2H3,(H,20,21)(H,16,18,19). The molecule has 2 aromatic rings. The van der Waals surface area contributed by atoms with Gasteiger partial charge in [0.05, 0.1) is 11.3 Å². The van der Waals surface area contributed by atoms with Gasteiger partial charge in [-0.3, -0.25) is 10.1 Å². The highest BCUT2D eigenvalue weighted by Crippen LogP contribution is 2.21. The number of carboxylic acid groups (broad SMARTS) is 1. The molecule has 0 saturated heterocycles. The molecule has 0 aliphatic carbocycles. The van der Waals surface area contributed by atoms with Crippen LogP contribution in [0.3, 0.4) is 0 Å². The van der Waals surface area contributed by atoms with E-state index < -0.39 is 5.97 Å². The van der Waals surface area contributed by atoms with Crippen LogP contribution in [0.15, 0.2) is 23.4 Å². The van der Waals surface area contributed by atoms with Crippen molar-refractivity contribution >= 4 is 40.1 Å². The molecule has 2 heterocycles. The number of carbonyl (C=O) groups excluding carboxylic acids is 1. The number of amides is 1. The maximum absolute atomic E-state index is 11.9. The Kier molecular flexibility index (Phi) is 6.05. The van der Waals surface area contributed by atoms with Gasteiger partial charge in [0, 0.05) is 12.6 Å². The predicted molar refractivity (Wildman–Crippen MR) is 89.0 cm³/mol. The SMILES string of the molecule is CC(C)Cc1nnc(NC(=O)CSc2ncccc2C(=O)O)s1. The molecule has 2 N–H and O–H groups in total. The van der Waals surface area contributed by atoms with Gasteiger partial charge >= 0.3 is 5.97 Å². The van der Waals surface area contributed by atoms with Gasteiger partial charge in [0.1, 0.15) is 10.0 Å². The van der Waals surface area contributed by atoms with Crippen molar-refractivity contribution in [1.82, 2.24) is 15.2 Å². The smallest absolute Gasteiger partial charge is 0.338 e. The van der Waals surface area contributed by atoms with Crippen LogP contribution < -0.4 is 5.32 Å². The van der Waals surface area contributed by atoms with Gasteiger partial charge in [0.15, 0.2) is 0 Å².